The SMILES string of the molecule is COc1cc2ncnc(N3CC[C@H](C(C)CN4C=CC(C)=NS4(=O)=O)[C@@H](O[Si](C)(C)C(C)(C)C)C3)c2cc1OC. The number of fused-ring (bicyclic) bond motifs is 1. The van der Waals surface area contributed by atoms with E-state index in [1.54, 1.807) is 39.7 Å². The predicted molar refractivity (Wildman–Crippen MR) is 162 cm³/mol. The highest BCUT2D eigenvalue weighted by atomic mass is 32.2. The van der Waals surface area contributed by atoms with Gasteiger partial charge in [0.2, 0.25) is 0 Å². The molecule has 1 unspecified atom stereocenters. The van der Waals surface area contributed by atoms with E-state index in [1.165, 1.54) is 4.31 Å². The standard InChI is InChI=1S/C28H43N5O5SSi/c1-19(16-33-13-10-20(2)31-39(33,34)35)21-11-12-32(17-26(21)38-40(8,9)28(3,4)5)27-22-14-24(36-6)25(37-7)15-23(22)29-18-30-27/h10,13-15,18-19,21,26H,11-12,16-17H2,1-9H3/t19?,21-,26+/m1/s1. The van der Waals surface area contributed by atoms with E-state index in [9.17, 15) is 8.42 Å². The van der Waals surface area contributed by atoms with Crippen molar-refractivity contribution in [3.63, 3.8) is 0 Å². The van der Waals surface area contributed by atoms with E-state index in [2.05, 4.69) is 55.1 Å². The molecule has 0 aliphatic carbocycles. The molecule has 0 spiro atoms. The second-order valence-corrected chi connectivity index (χ2v) is 18.6. The summed E-state index contributed by atoms with van der Waals surface area (Å²) in [6, 6.07) is 3.80. The van der Waals surface area contributed by atoms with Gasteiger partial charge in [-0.15, -0.1) is 0 Å². The molecule has 10 nitrogen and oxygen atoms in total. The molecule has 0 amide bonds. The molecule has 2 aliphatic heterocycles. The number of piperidine rings is 1. The van der Waals surface area contributed by atoms with Crippen molar-refractivity contribution in [2.45, 2.75) is 65.3 Å². The van der Waals surface area contributed by atoms with Crippen molar-refractivity contribution in [3.05, 3.63) is 30.7 Å². The third-order valence-corrected chi connectivity index (χ3v) is 14.4. The first kappa shape index (κ1) is 30.3. The number of nitrogens with zero attached hydrogens (tertiary/aromatic N) is 5. The Bertz CT molecular complexity index is 1410. The van der Waals surface area contributed by atoms with Gasteiger partial charge < -0.3 is 18.8 Å². The second-order valence-electron chi connectivity index (χ2n) is 12.3. The maximum absolute atomic E-state index is 12.7. The van der Waals surface area contributed by atoms with Gasteiger partial charge in [-0.3, -0.25) is 4.31 Å². The van der Waals surface area contributed by atoms with Gasteiger partial charge in [-0.25, -0.2) is 9.97 Å². The van der Waals surface area contributed by atoms with Crippen LogP contribution in [0.4, 0.5) is 5.82 Å². The van der Waals surface area contributed by atoms with Gasteiger partial charge in [0, 0.05) is 37.3 Å². The van der Waals surface area contributed by atoms with Crippen LogP contribution in [-0.4, -0.2) is 76.7 Å². The summed E-state index contributed by atoms with van der Waals surface area (Å²) in [5, 5.41) is 0.912. The number of methoxy groups -OCH3 is 2. The Labute approximate surface area is 239 Å². The van der Waals surface area contributed by atoms with E-state index in [0.717, 1.165) is 29.7 Å². The lowest BCUT2D eigenvalue weighted by atomic mass is 9.83. The average Bonchev–Trinajstić information content (AvgIpc) is 2.87. The lowest BCUT2D eigenvalue weighted by Crippen LogP contribution is -2.54. The number of allylic oxidation sites excluding steroid dienone is 1. The van der Waals surface area contributed by atoms with Crippen molar-refractivity contribution < 1.29 is 22.3 Å². The van der Waals surface area contributed by atoms with E-state index in [0.29, 0.717) is 30.3 Å². The molecule has 1 fully saturated rings. The van der Waals surface area contributed by atoms with Crippen LogP contribution < -0.4 is 14.4 Å². The first-order chi connectivity index (χ1) is 18.7. The zero-order valence-corrected chi connectivity index (χ0v) is 26.9. The summed E-state index contributed by atoms with van der Waals surface area (Å²) in [7, 11) is -2.64. The van der Waals surface area contributed by atoms with Crippen LogP contribution in [0.1, 0.15) is 41.0 Å². The van der Waals surface area contributed by atoms with Crippen LogP contribution in [0.3, 0.4) is 0 Å². The largest absolute Gasteiger partial charge is 0.493 e. The molecule has 220 valence electrons. The number of aromatic nitrogens is 2. The Kier molecular flexibility index (Phi) is 8.54. The predicted octanol–water partition coefficient (Wildman–Crippen LogP) is 5.03. The number of hydrogen-bond acceptors (Lipinski definition) is 8. The molecule has 1 saturated heterocycles. The van der Waals surface area contributed by atoms with E-state index in [1.807, 2.05) is 12.1 Å². The molecule has 1 aromatic heterocycles. The van der Waals surface area contributed by atoms with Crippen molar-refractivity contribution >= 4 is 41.0 Å². The zero-order chi connectivity index (χ0) is 29.5. The molecule has 4 rings (SSSR count). The summed E-state index contributed by atoms with van der Waals surface area (Å²) in [5.41, 5.74) is 1.26. The minimum atomic E-state index is -3.72. The summed E-state index contributed by atoms with van der Waals surface area (Å²) < 4.78 is 48.8. The Hall–Kier alpha value is -2.70. The van der Waals surface area contributed by atoms with Crippen molar-refractivity contribution in [2.24, 2.45) is 16.2 Å². The Morgan fingerprint density at radius 3 is 2.42 bits per heavy atom. The van der Waals surface area contributed by atoms with Crippen molar-refractivity contribution in [1.82, 2.24) is 14.3 Å². The minimum absolute atomic E-state index is 0.0276. The molecule has 3 atom stereocenters. The third-order valence-electron chi connectivity index (χ3n) is 8.52. The molecule has 0 N–H and O–H groups in total. The number of hydrogen-bond donors (Lipinski definition) is 0. The fourth-order valence-corrected chi connectivity index (χ4v) is 7.71. The molecule has 3 heterocycles. The van der Waals surface area contributed by atoms with Gasteiger partial charge in [-0.05, 0) is 55.5 Å². The fraction of sp³-hybridized carbons (Fsp3) is 0.607. The lowest BCUT2D eigenvalue weighted by molar-refractivity contribution is 0.0672. The quantitative estimate of drug-likeness (QED) is 0.395. The highest BCUT2D eigenvalue weighted by Gasteiger charge is 2.44. The smallest absolute Gasteiger partial charge is 0.344 e. The molecule has 40 heavy (non-hydrogen) atoms. The topological polar surface area (TPSA) is 106 Å². The summed E-state index contributed by atoms with van der Waals surface area (Å²) in [6.45, 7) is 16.8. The summed E-state index contributed by atoms with van der Waals surface area (Å²) in [4.78, 5) is 11.4. The molecule has 12 heteroatoms. The average molecular weight is 590 g/mol. The van der Waals surface area contributed by atoms with Crippen LogP contribution in [-0.2, 0) is 14.6 Å². The van der Waals surface area contributed by atoms with Gasteiger partial charge >= 0.3 is 10.2 Å². The molecule has 2 aromatic rings. The number of benzene rings is 1. The monoisotopic (exact) mass is 589 g/mol. The first-order valence-electron chi connectivity index (χ1n) is 13.7. The Morgan fingerprint density at radius 1 is 1.12 bits per heavy atom. The van der Waals surface area contributed by atoms with Gasteiger partial charge in [-0.1, -0.05) is 27.7 Å². The van der Waals surface area contributed by atoms with Crippen molar-refractivity contribution in [3.8, 4) is 11.5 Å². The van der Waals surface area contributed by atoms with E-state index in [-0.39, 0.29) is 23.0 Å². The van der Waals surface area contributed by atoms with Crippen LogP contribution in [0.2, 0.25) is 18.1 Å². The maximum Gasteiger partial charge on any atom is 0.344 e. The molecule has 2 aliphatic rings. The molecular formula is C28H43N5O5SSi. The van der Waals surface area contributed by atoms with E-state index < -0.39 is 18.5 Å². The van der Waals surface area contributed by atoms with Gasteiger partial charge in [0.05, 0.1) is 31.6 Å². The van der Waals surface area contributed by atoms with Gasteiger partial charge in [-0.2, -0.15) is 12.8 Å². The van der Waals surface area contributed by atoms with Crippen LogP contribution in [0.25, 0.3) is 10.9 Å². The van der Waals surface area contributed by atoms with E-state index in [4.69, 9.17) is 18.9 Å². The van der Waals surface area contributed by atoms with E-state index >= 15 is 0 Å². The Balaban J connectivity index is 1.66. The van der Waals surface area contributed by atoms with Crippen molar-refractivity contribution in [2.75, 3.05) is 38.8 Å². The Morgan fingerprint density at radius 2 is 1.80 bits per heavy atom. The van der Waals surface area contributed by atoms with Crippen LogP contribution in [0.15, 0.2) is 35.1 Å². The normalized spacial score (nSPS) is 22.3. The molecular weight excluding hydrogens is 546 g/mol. The maximum atomic E-state index is 12.7. The summed E-state index contributed by atoms with van der Waals surface area (Å²) in [6.07, 6.45) is 5.68. The summed E-state index contributed by atoms with van der Waals surface area (Å²) >= 11 is 0. The molecule has 1 aromatic carbocycles. The van der Waals surface area contributed by atoms with Crippen LogP contribution in [0.5, 0.6) is 11.5 Å². The zero-order valence-electron chi connectivity index (χ0n) is 25.1. The van der Waals surface area contributed by atoms with Crippen LogP contribution >= 0.6 is 0 Å². The van der Waals surface area contributed by atoms with Crippen LogP contribution in [0, 0.1) is 11.8 Å². The third kappa shape index (κ3) is 6.13. The summed E-state index contributed by atoms with van der Waals surface area (Å²) in [5.74, 6) is 2.28. The second kappa shape index (κ2) is 11.3. The number of anilines is 1. The van der Waals surface area contributed by atoms with Gasteiger partial charge in [0.1, 0.15) is 12.1 Å². The highest BCUT2D eigenvalue weighted by Crippen LogP contribution is 2.42. The number of rotatable bonds is 8. The van der Waals surface area contributed by atoms with Crippen molar-refractivity contribution in [1.29, 1.82) is 0 Å². The fourth-order valence-electron chi connectivity index (χ4n) is 5.19. The lowest BCUT2D eigenvalue weighted by Gasteiger charge is -2.47. The minimum Gasteiger partial charge on any atom is -0.493 e. The number of ether oxygens (including phenoxy) is 2. The molecule has 0 radical (unpaired) electrons. The molecule has 0 saturated carbocycles. The first-order valence-corrected chi connectivity index (χ1v) is 18.0. The molecule has 0 bridgehead atoms. The highest BCUT2D eigenvalue weighted by molar-refractivity contribution is 7.88. The van der Waals surface area contributed by atoms with Gasteiger partial charge in [0.15, 0.2) is 19.8 Å². The van der Waals surface area contributed by atoms with Gasteiger partial charge in [0.25, 0.3) is 0 Å².